The van der Waals surface area contributed by atoms with Gasteiger partial charge >= 0.3 is 6.03 Å². The van der Waals surface area contributed by atoms with Crippen molar-refractivity contribution in [1.82, 2.24) is 0 Å². The van der Waals surface area contributed by atoms with E-state index >= 15 is 0 Å². The molecule has 1 aliphatic rings. The average Bonchev–Trinajstić information content (AvgIpc) is 2.81. The highest BCUT2D eigenvalue weighted by atomic mass is 32.1. The van der Waals surface area contributed by atoms with Crippen LogP contribution in [-0.2, 0) is 4.79 Å². The molecule has 6 N–H and O–H groups in total. The molecule has 1 fully saturated rings. The molecule has 4 amide bonds. The van der Waals surface area contributed by atoms with Crippen molar-refractivity contribution in [2.45, 2.75) is 32.1 Å². The molecule has 1 aromatic heterocycles. The monoisotopic (exact) mass is 310 g/mol. The summed E-state index contributed by atoms with van der Waals surface area (Å²) in [5.41, 5.74) is 10.4. The molecule has 114 valence electrons. The van der Waals surface area contributed by atoms with Gasteiger partial charge in [0.15, 0.2) is 0 Å². The first-order valence-electron chi connectivity index (χ1n) is 6.78. The minimum atomic E-state index is -0.787. The Morgan fingerprint density at radius 3 is 2.33 bits per heavy atom. The molecule has 0 saturated heterocycles. The van der Waals surface area contributed by atoms with E-state index in [0.717, 1.165) is 37.0 Å². The molecule has 0 radical (unpaired) electrons. The number of carbonyl (C=O) groups is 3. The zero-order valence-electron chi connectivity index (χ0n) is 11.5. The minimum Gasteiger partial charge on any atom is -0.366 e. The normalized spacial score (nSPS) is 15.4. The molecule has 0 atom stereocenters. The predicted octanol–water partition coefficient (Wildman–Crippen LogP) is 1.86. The Morgan fingerprint density at radius 2 is 1.76 bits per heavy atom. The molecule has 1 aliphatic carbocycles. The third-order valence-electron chi connectivity index (χ3n) is 3.46. The topological polar surface area (TPSA) is 127 Å². The Labute approximate surface area is 126 Å². The van der Waals surface area contributed by atoms with Crippen LogP contribution in [0.5, 0.6) is 0 Å². The third kappa shape index (κ3) is 3.94. The number of primary amides is 2. The summed E-state index contributed by atoms with van der Waals surface area (Å²) >= 11 is 1.06. The molecule has 1 heterocycles. The van der Waals surface area contributed by atoms with Crippen LogP contribution in [0.1, 0.15) is 42.5 Å². The zero-order valence-corrected chi connectivity index (χ0v) is 12.3. The number of urea groups is 1. The van der Waals surface area contributed by atoms with Gasteiger partial charge in [-0.05, 0) is 18.9 Å². The lowest BCUT2D eigenvalue weighted by Gasteiger charge is -2.20. The number of thiophene rings is 1. The molecule has 0 aromatic carbocycles. The summed E-state index contributed by atoms with van der Waals surface area (Å²) in [6, 6.07) is 0.670. The predicted molar refractivity (Wildman–Crippen MR) is 81.2 cm³/mol. The van der Waals surface area contributed by atoms with Crippen LogP contribution in [0.15, 0.2) is 6.07 Å². The molecule has 2 rings (SSSR count). The van der Waals surface area contributed by atoms with Crippen LogP contribution in [0, 0.1) is 5.92 Å². The minimum absolute atomic E-state index is 0.00503. The first-order chi connectivity index (χ1) is 9.97. The fourth-order valence-electron chi connectivity index (χ4n) is 2.43. The van der Waals surface area contributed by atoms with Crippen molar-refractivity contribution in [1.29, 1.82) is 0 Å². The summed E-state index contributed by atoms with van der Waals surface area (Å²) < 4.78 is 0. The molecular formula is C13H18N4O3S. The van der Waals surface area contributed by atoms with E-state index in [-0.39, 0.29) is 22.4 Å². The molecule has 0 spiro atoms. The van der Waals surface area contributed by atoms with Gasteiger partial charge < -0.3 is 16.8 Å². The van der Waals surface area contributed by atoms with Crippen molar-refractivity contribution in [3.05, 3.63) is 11.6 Å². The fraction of sp³-hybridized carbons (Fsp3) is 0.462. The maximum Gasteiger partial charge on any atom is 0.317 e. The molecule has 1 saturated carbocycles. The van der Waals surface area contributed by atoms with E-state index in [4.69, 9.17) is 11.5 Å². The van der Waals surface area contributed by atoms with Gasteiger partial charge in [0, 0.05) is 5.92 Å². The lowest BCUT2D eigenvalue weighted by molar-refractivity contribution is -0.120. The van der Waals surface area contributed by atoms with Crippen LogP contribution in [-0.4, -0.2) is 17.8 Å². The summed E-state index contributed by atoms with van der Waals surface area (Å²) in [6.07, 6.45) is 5.05. The second-order valence-electron chi connectivity index (χ2n) is 5.03. The van der Waals surface area contributed by atoms with E-state index in [2.05, 4.69) is 10.6 Å². The van der Waals surface area contributed by atoms with Gasteiger partial charge in [-0.15, -0.1) is 0 Å². The van der Waals surface area contributed by atoms with E-state index in [0.29, 0.717) is 5.00 Å². The van der Waals surface area contributed by atoms with Crippen molar-refractivity contribution < 1.29 is 14.4 Å². The summed E-state index contributed by atoms with van der Waals surface area (Å²) in [7, 11) is 0. The van der Waals surface area contributed by atoms with E-state index in [1.807, 2.05) is 0 Å². The van der Waals surface area contributed by atoms with Crippen molar-refractivity contribution in [2.24, 2.45) is 17.4 Å². The smallest absolute Gasteiger partial charge is 0.317 e. The number of anilines is 2. The van der Waals surface area contributed by atoms with Crippen molar-refractivity contribution in [3.8, 4) is 0 Å². The second-order valence-corrected chi connectivity index (χ2v) is 6.08. The Balaban J connectivity index is 2.10. The molecule has 0 unspecified atom stereocenters. The average molecular weight is 310 g/mol. The van der Waals surface area contributed by atoms with Crippen LogP contribution in [0.3, 0.4) is 0 Å². The number of carbonyl (C=O) groups excluding carboxylic acids is 3. The van der Waals surface area contributed by atoms with Crippen molar-refractivity contribution in [2.75, 3.05) is 10.6 Å². The van der Waals surface area contributed by atoms with Crippen LogP contribution >= 0.6 is 11.3 Å². The molecular weight excluding hydrogens is 292 g/mol. The second kappa shape index (κ2) is 6.57. The van der Waals surface area contributed by atoms with E-state index in [9.17, 15) is 14.4 Å². The molecule has 0 bridgehead atoms. The maximum atomic E-state index is 12.1. The van der Waals surface area contributed by atoms with Crippen molar-refractivity contribution >= 4 is 39.2 Å². The maximum absolute atomic E-state index is 12.1. The van der Waals surface area contributed by atoms with Crippen LogP contribution in [0.4, 0.5) is 14.8 Å². The highest BCUT2D eigenvalue weighted by Crippen LogP contribution is 2.33. The van der Waals surface area contributed by atoms with Gasteiger partial charge in [0.2, 0.25) is 5.91 Å². The fourth-order valence-corrected chi connectivity index (χ4v) is 3.40. The van der Waals surface area contributed by atoms with Gasteiger partial charge in [-0.2, -0.15) is 0 Å². The SMILES string of the molecule is NC(=O)Nc1sc(NC(=O)C2CCCCC2)cc1C(N)=O. The van der Waals surface area contributed by atoms with Gasteiger partial charge in [-0.1, -0.05) is 30.6 Å². The Kier molecular flexibility index (Phi) is 4.79. The standard InChI is InChI=1S/C13H18N4O3S/c14-10(18)8-6-9(21-12(8)17-13(15)20)16-11(19)7-4-2-1-3-5-7/h6-7H,1-5H2,(H2,14,18)(H,16,19)(H3,15,17,20). The first-order valence-corrected chi connectivity index (χ1v) is 7.60. The summed E-state index contributed by atoms with van der Waals surface area (Å²) in [6.45, 7) is 0. The third-order valence-corrected chi connectivity index (χ3v) is 4.42. The van der Waals surface area contributed by atoms with Gasteiger partial charge in [0.05, 0.1) is 10.6 Å². The number of nitrogens with two attached hydrogens (primary N) is 2. The lowest BCUT2D eigenvalue weighted by Crippen LogP contribution is -2.24. The quantitative estimate of drug-likeness (QED) is 0.677. The first kappa shape index (κ1) is 15.3. The molecule has 8 heteroatoms. The van der Waals surface area contributed by atoms with E-state index < -0.39 is 11.9 Å². The molecule has 21 heavy (non-hydrogen) atoms. The van der Waals surface area contributed by atoms with Crippen LogP contribution in [0.2, 0.25) is 0 Å². The highest BCUT2D eigenvalue weighted by Gasteiger charge is 2.23. The van der Waals surface area contributed by atoms with Gasteiger partial charge in [0.25, 0.3) is 5.91 Å². The Morgan fingerprint density at radius 1 is 1.10 bits per heavy atom. The summed E-state index contributed by atoms with van der Waals surface area (Å²) in [5.74, 6) is -0.740. The van der Waals surface area contributed by atoms with E-state index in [1.54, 1.807) is 0 Å². The number of hydrogen-bond acceptors (Lipinski definition) is 4. The number of nitrogens with one attached hydrogen (secondary N) is 2. The molecule has 0 aliphatic heterocycles. The number of amides is 4. The number of hydrogen-bond donors (Lipinski definition) is 4. The van der Waals surface area contributed by atoms with Crippen molar-refractivity contribution in [3.63, 3.8) is 0 Å². The highest BCUT2D eigenvalue weighted by molar-refractivity contribution is 7.20. The van der Waals surface area contributed by atoms with Gasteiger partial charge in [0.1, 0.15) is 5.00 Å². The van der Waals surface area contributed by atoms with Crippen LogP contribution in [0.25, 0.3) is 0 Å². The van der Waals surface area contributed by atoms with Gasteiger partial charge in [-0.3, -0.25) is 14.9 Å². The molecule has 7 nitrogen and oxygen atoms in total. The summed E-state index contributed by atoms with van der Waals surface area (Å²) in [4.78, 5) is 34.4. The number of rotatable bonds is 4. The Hall–Kier alpha value is -2.09. The Bertz CT molecular complexity index is 564. The summed E-state index contributed by atoms with van der Waals surface area (Å²) in [5, 5.41) is 5.83. The largest absolute Gasteiger partial charge is 0.366 e. The van der Waals surface area contributed by atoms with E-state index in [1.165, 1.54) is 12.5 Å². The van der Waals surface area contributed by atoms with Gasteiger partial charge in [-0.25, -0.2) is 4.79 Å². The van der Waals surface area contributed by atoms with Crippen LogP contribution < -0.4 is 22.1 Å². The zero-order chi connectivity index (χ0) is 15.4. The lowest BCUT2D eigenvalue weighted by atomic mass is 9.89. The molecule has 1 aromatic rings.